The standard InChI is InChI=1S/C12H15N3/c1-8-3-4-10(11(14)5-8)12(15)6-9(2)7-13/h3-5,9,15H,6,14H2,1-2H3/t9-/m0/s1. The summed E-state index contributed by atoms with van der Waals surface area (Å²) in [4.78, 5) is 0. The molecule has 0 radical (unpaired) electrons. The summed E-state index contributed by atoms with van der Waals surface area (Å²) in [5.74, 6) is -0.141. The second kappa shape index (κ2) is 4.61. The number of nitrogens with two attached hydrogens (primary N) is 1. The first-order valence-electron chi connectivity index (χ1n) is 4.88. The maximum atomic E-state index is 8.67. The number of nitrogens with zero attached hydrogens (tertiary/aromatic N) is 1. The van der Waals surface area contributed by atoms with Gasteiger partial charge in [-0.1, -0.05) is 12.1 Å². The Balaban J connectivity index is 2.88. The molecule has 1 aromatic carbocycles. The first-order chi connectivity index (χ1) is 7.04. The van der Waals surface area contributed by atoms with E-state index in [-0.39, 0.29) is 5.92 Å². The Bertz CT molecular complexity index is 415. The molecule has 0 aliphatic heterocycles. The van der Waals surface area contributed by atoms with Crippen molar-refractivity contribution in [1.82, 2.24) is 0 Å². The van der Waals surface area contributed by atoms with Crippen LogP contribution in [-0.4, -0.2) is 5.71 Å². The number of rotatable bonds is 3. The summed E-state index contributed by atoms with van der Waals surface area (Å²) in [7, 11) is 0. The molecule has 1 rings (SSSR count). The van der Waals surface area contributed by atoms with Gasteiger partial charge in [0, 0.05) is 29.3 Å². The molecule has 0 heterocycles. The molecule has 3 N–H and O–H groups in total. The van der Waals surface area contributed by atoms with Crippen molar-refractivity contribution >= 4 is 11.4 Å². The average molecular weight is 201 g/mol. The van der Waals surface area contributed by atoms with E-state index in [0.29, 0.717) is 17.8 Å². The van der Waals surface area contributed by atoms with Gasteiger partial charge in [-0.15, -0.1) is 0 Å². The molecular weight excluding hydrogens is 186 g/mol. The van der Waals surface area contributed by atoms with Gasteiger partial charge in [-0.3, -0.25) is 0 Å². The monoisotopic (exact) mass is 201 g/mol. The van der Waals surface area contributed by atoms with Crippen LogP contribution in [0.2, 0.25) is 0 Å². The average Bonchev–Trinajstić information content (AvgIpc) is 2.17. The Morgan fingerprint density at radius 3 is 2.80 bits per heavy atom. The van der Waals surface area contributed by atoms with Crippen LogP contribution in [0.15, 0.2) is 18.2 Å². The van der Waals surface area contributed by atoms with Crippen molar-refractivity contribution in [2.45, 2.75) is 20.3 Å². The van der Waals surface area contributed by atoms with Gasteiger partial charge in [0.2, 0.25) is 0 Å². The van der Waals surface area contributed by atoms with Gasteiger partial charge >= 0.3 is 0 Å². The van der Waals surface area contributed by atoms with E-state index in [9.17, 15) is 0 Å². The lowest BCUT2D eigenvalue weighted by Gasteiger charge is -2.09. The van der Waals surface area contributed by atoms with Gasteiger partial charge in [0.1, 0.15) is 0 Å². The number of nitrogen functional groups attached to an aromatic ring is 1. The predicted octanol–water partition coefficient (Wildman–Crippen LogP) is 2.49. The van der Waals surface area contributed by atoms with Crippen LogP contribution in [0.25, 0.3) is 0 Å². The van der Waals surface area contributed by atoms with Crippen LogP contribution in [0.4, 0.5) is 5.69 Å². The fraction of sp³-hybridized carbons (Fsp3) is 0.333. The second-order valence-corrected chi connectivity index (χ2v) is 3.80. The number of aryl methyl sites for hydroxylation is 1. The molecule has 3 nitrogen and oxygen atoms in total. The molecule has 0 saturated heterocycles. The zero-order valence-corrected chi connectivity index (χ0v) is 9.04. The summed E-state index contributed by atoms with van der Waals surface area (Å²) in [6, 6.07) is 7.74. The van der Waals surface area contributed by atoms with Crippen LogP contribution in [0, 0.1) is 29.6 Å². The Kier molecular flexibility index (Phi) is 3.46. The van der Waals surface area contributed by atoms with Crippen molar-refractivity contribution in [2.24, 2.45) is 5.92 Å². The fourth-order valence-corrected chi connectivity index (χ4v) is 1.42. The summed E-state index contributed by atoms with van der Waals surface area (Å²) >= 11 is 0. The quantitative estimate of drug-likeness (QED) is 0.582. The summed E-state index contributed by atoms with van der Waals surface area (Å²) in [6.07, 6.45) is 0.448. The second-order valence-electron chi connectivity index (χ2n) is 3.80. The normalized spacial score (nSPS) is 11.8. The van der Waals surface area contributed by atoms with E-state index in [1.807, 2.05) is 25.1 Å². The maximum absolute atomic E-state index is 8.67. The third-order valence-electron chi connectivity index (χ3n) is 2.26. The van der Waals surface area contributed by atoms with E-state index in [4.69, 9.17) is 16.4 Å². The summed E-state index contributed by atoms with van der Waals surface area (Å²) in [5, 5.41) is 16.5. The molecule has 0 aromatic heterocycles. The highest BCUT2D eigenvalue weighted by Gasteiger charge is 2.09. The van der Waals surface area contributed by atoms with Crippen molar-refractivity contribution < 1.29 is 0 Å². The molecule has 0 unspecified atom stereocenters. The molecular formula is C12H15N3. The van der Waals surface area contributed by atoms with Crippen molar-refractivity contribution in [3.8, 4) is 6.07 Å². The van der Waals surface area contributed by atoms with Crippen LogP contribution in [0.3, 0.4) is 0 Å². The molecule has 0 bridgehead atoms. The number of benzene rings is 1. The lowest BCUT2D eigenvalue weighted by Crippen LogP contribution is -2.07. The van der Waals surface area contributed by atoms with Crippen LogP contribution in [0.5, 0.6) is 0 Å². The van der Waals surface area contributed by atoms with Gasteiger partial charge in [-0.25, -0.2) is 0 Å². The third kappa shape index (κ3) is 2.81. The van der Waals surface area contributed by atoms with Crippen LogP contribution >= 0.6 is 0 Å². The fourth-order valence-electron chi connectivity index (χ4n) is 1.42. The summed E-state index contributed by atoms with van der Waals surface area (Å²) in [5.41, 5.74) is 8.68. The number of nitrogens with one attached hydrogen (secondary N) is 1. The minimum atomic E-state index is -0.141. The minimum absolute atomic E-state index is 0.141. The number of nitriles is 1. The molecule has 1 aromatic rings. The topological polar surface area (TPSA) is 73.7 Å². The van der Waals surface area contributed by atoms with E-state index in [2.05, 4.69) is 6.07 Å². The SMILES string of the molecule is Cc1ccc(C(=N)C[C@H](C)C#N)c(N)c1. The summed E-state index contributed by atoms with van der Waals surface area (Å²) < 4.78 is 0. The van der Waals surface area contributed by atoms with E-state index >= 15 is 0 Å². The first kappa shape index (κ1) is 11.3. The molecule has 0 aliphatic carbocycles. The smallest absolute Gasteiger partial charge is 0.0656 e. The highest BCUT2D eigenvalue weighted by atomic mass is 14.6. The van der Waals surface area contributed by atoms with Crippen molar-refractivity contribution in [1.29, 1.82) is 10.7 Å². The lowest BCUT2D eigenvalue weighted by molar-refractivity contribution is 0.782. The van der Waals surface area contributed by atoms with Gasteiger partial charge < -0.3 is 11.1 Å². The van der Waals surface area contributed by atoms with Crippen LogP contribution < -0.4 is 5.73 Å². The zero-order chi connectivity index (χ0) is 11.4. The molecule has 78 valence electrons. The van der Waals surface area contributed by atoms with Gasteiger partial charge in [-0.05, 0) is 25.5 Å². The number of anilines is 1. The largest absolute Gasteiger partial charge is 0.398 e. The van der Waals surface area contributed by atoms with E-state index in [1.165, 1.54) is 0 Å². The highest BCUT2D eigenvalue weighted by Crippen LogP contribution is 2.17. The van der Waals surface area contributed by atoms with Crippen molar-refractivity contribution in [3.63, 3.8) is 0 Å². The van der Waals surface area contributed by atoms with Gasteiger partial charge in [0.05, 0.1) is 6.07 Å². The molecule has 3 heteroatoms. The van der Waals surface area contributed by atoms with Gasteiger partial charge in [0.25, 0.3) is 0 Å². The van der Waals surface area contributed by atoms with Gasteiger partial charge in [-0.2, -0.15) is 5.26 Å². The molecule has 15 heavy (non-hydrogen) atoms. The van der Waals surface area contributed by atoms with E-state index < -0.39 is 0 Å². The predicted molar refractivity (Wildman–Crippen MR) is 61.8 cm³/mol. The number of hydrogen-bond acceptors (Lipinski definition) is 3. The van der Waals surface area contributed by atoms with Crippen LogP contribution in [0.1, 0.15) is 24.5 Å². The van der Waals surface area contributed by atoms with Crippen molar-refractivity contribution in [2.75, 3.05) is 5.73 Å². The minimum Gasteiger partial charge on any atom is -0.398 e. The molecule has 0 amide bonds. The van der Waals surface area contributed by atoms with Gasteiger partial charge in [0.15, 0.2) is 0 Å². The molecule has 0 fully saturated rings. The highest BCUT2D eigenvalue weighted by molar-refractivity contribution is 6.02. The first-order valence-corrected chi connectivity index (χ1v) is 4.88. The maximum Gasteiger partial charge on any atom is 0.0656 e. The molecule has 0 spiro atoms. The lowest BCUT2D eigenvalue weighted by atomic mass is 9.98. The third-order valence-corrected chi connectivity index (χ3v) is 2.26. The van der Waals surface area contributed by atoms with E-state index in [1.54, 1.807) is 6.92 Å². The van der Waals surface area contributed by atoms with E-state index in [0.717, 1.165) is 11.1 Å². The molecule has 1 atom stereocenters. The number of hydrogen-bond donors (Lipinski definition) is 2. The van der Waals surface area contributed by atoms with Crippen molar-refractivity contribution in [3.05, 3.63) is 29.3 Å². The summed E-state index contributed by atoms with van der Waals surface area (Å²) in [6.45, 7) is 3.76. The Morgan fingerprint density at radius 1 is 1.60 bits per heavy atom. The zero-order valence-electron chi connectivity index (χ0n) is 9.04. The Hall–Kier alpha value is -1.82. The Labute approximate surface area is 90.0 Å². The van der Waals surface area contributed by atoms with Crippen LogP contribution in [-0.2, 0) is 0 Å². The molecule has 0 saturated carbocycles. The molecule has 0 aliphatic rings. The Morgan fingerprint density at radius 2 is 2.27 bits per heavy atom.